The fourth-order valence-electron chi connectivity index (χ4n) is 2.52. The van der Waals surface area contributed by atoms with Gasteiger partial charge in [-0.1, -0.05) is 37.0 Å². The molecular weight excluding hydrogens is 529 g/mol. The summed E-state index contributed by atoms with van der Waals surface area (Å²) >= 11 is 11.8. The van der Waals surface area contributed by atoms with Crippen LogP contribution in [0.15, 0.2) is 22.6 Å². The molecule has 2 rings (SSSR count). The number of alkyl halides is 8. The number of rotatable bonds is 6. The van der Waals surface area contributed by atoms with Crippen molar-refractivity contribution in [3.8, 4) is 11.8 Å². The van der Waals surface area contributed by atoms with Crippen LogP contribution in [-0.4, -0.2) is 38.6 Å². The molecule has 1 aromatic heterocycles. The Morgan fingerprint density at radius 1 is 1.03 bits per heavy atom. The minimum Gasteiger partial charge on any atom is -0.237 e. The van der Waals surface area contributed by atoms with Gasteiger partial charge in [-0.25, -0.2) is 8.99 Å². The zero-order valence-corrected chi connectivity index (χ0v) is 18.9. The fraction of sp³-hybridized carbons (Fsp3) is 0.412. The number of hydrogen-bond acceptors (Lipinski definition) is 3. The van der Waals surface area contributed by atoms with Crippen molar-refractivity contribution in [1.29, 1.82) is 5.26 Å². The van der Waals surface area contributed by atoms with E-state index in [0.717, 1.165) is 10.4 Å². The van der Waals surface area contributed by atoms with Gasteiger partial charge in [0, 0.05) is 19.2 Å². The van der Waals surface area contributed by atoms with Gasteiger partial charge in [0.1, 0.15) is 11.8 Å². The lowest BCUT2D eigenvalue weighted by Gasteiger charge is -2.29. The molecule has 0 aliphatic heterocycles. The summed E-state index contributed by atoms with van der Waals surface area (Å²) in [6.45, 7) is 2.20. The highest BCUT2D eigenvalue weighted by atomic mass is 35.5. The molecule has 2 aromatic rings. The third kappa shape index (κ3) is 5.59. The average Bonchev–Trinajstić information content (AvgIpc) is 3.08. The van der Waals surface area contributed by atoms with Gasteiger partial charge >= 0.3 is 17.6 Å². The topological polar surface area (TPSA) is 57.2 Å². The van der Waals surface area contributed by atoms with Crippen LogP contribution in [0.25, 0.3) is 5.69 Å². The number of nitriles is 1. The molecule has 0 saturated heterocycles. The van der Waals surface area contributed by atoms with Crippen LogP contribution in [0.2, 0.25) is 10.0 Å². The van der Waals surface area contributed by atoms with Gasteiger partial charge in [0.05, 0.1) is 26.5 Å². The third-order valence-corrected chi connectivity index (χ3v) is 6.68. The van der Waals surface area contributed by atoms with E-state index in [1.54, 1.807) is 6.07 Å². The maximum Gasteiger partial charge on any atom is 0.466 e. The fourth-order valence-corrected chi connectivity index (χ4v) is 4.73. The van der Waals surface area contributed by atoms with Crippen molar-refractivity contribution < 1.29 is 35.1 Å². The molecule has 16 heteroatoms. The number of halogens is 10. The van der Waals surface area contributed by atoms with E-state index in [0.29, 0.717) is 16.8 Å². The molecule has 0 radical (unpaired) electrons. The Morgan fingerprint density at radius 2 is 1.55 bits per heavy atom. The first-order valence-electron chi connectivity index (χ1n) is 8.81. The number of nitrogens with zero attached hydrogens (tertiary/aromatic N) is 5. The van der Waals surface area contributed by atoms with Gasteiger partial charge < -0.3 is 0 Å². The Morgan fingerprint density at radius 3 is 1.94 bits per heavy atom. The quantitative estimate of drug-likeness (QED) is 0.373. The Kier molecular flexibility index (Phi) is 8.05. The molecule has 1 atom stereocenters. The zero-order valence-electron chi connectivity index (χ0n) is 16.6. The first kappa shape index (κ1) is 27.3. The lowest BCUT2D eigenvalue weighted by Crippen LogP contribution is -2.47. The zero-order chi connectivity index (χ0) is 25.4. The van der Waals surface area contributed by atoms with Gasteiger partial charge in [-0.15, -0.1) is 0 Å². The average molecular weight is 542 g/mol. The summed E-state index contributed by atoms with van der Waals surface area (Å²) in [6, 6.07) is 3.28. The summed E-state index contributed by atoms with van der Waals surface area (Å²) in [7, 11) is -3.13. The lowest BCUT2D eigenvalue weighted by molar-refractivity contribution is -0.239. The van der Waals surface area contributed by atoms with Crippen LogP contribution in [0.3, 0.4) is 0 Å². The maximum absolute atomic E-state index is 14.4. The minimum absolute atomic E-state index is 0.240. The molecule has 0 aliphatic carbocycles. The van der Waals surface area contributed by atoms with Crippen molar-refractivity contribution in [1.82, 2.24) is 14.1 Å². The van der Waals surface area contributed by atoms with Crippen molar-refractivity contribution in [2.45, 2.75) is 31.5 Å². The number of aromatic nitrogens is 2. The van der Waals surface area contributed by atoms with Crippen molar-refractivity contribution >= 4 is 39.9 Å². The Balaban J connectivity index is 2.85. The molecule has 33 heavy (non-hydrogen) atoms. The van der Waals surface area contributed by atoms with E-state index in [9.17, 15) is 35.1 Å². The molecule has 0 N–H and O–H groups in total. The standard InChI is InChI=1S/C17H13Cl2F8N5S/c1-3-31(4-2)33(17(26,27)16(23,24)25)30-13-7-10(8-28)29-32(13)14-11(18)5-9(6-12(14)19)15(20,21)22/h5-7H,3-4H2,1-2H3. The van der Waals surface area contributed by atoms with Crippen molar-refractivity contribution in [3.05, 3.63) is 39.5 Å². The lowest BCUT2D eigenvalue weighted by atomic mass is 10.2. The summed E-state index contributed by atoms with van der Waals surface area (Å²) in [5, 5.41) is 6.22. The predicted octanol–water partition coefficient (Wildman–Crippen LogP) is 6.91. The predicted molar refractivity (Wildman–Crippen MR) is 107 cm³/mol. The highest BCUT2D eigenvalue weighted by Gasteiger charge is 2.62. The maximum atomic E-state index is 14.4. The number of hydrogen-bond donors (Lipinski definition) is 0. The van der Waals surface area contributed by atoms with E-state index in [1.807, 2.05) is 0 Å². The second-order valence-corrected chi connectivity index (χ2v) is 8.74. The van der Waals surface area contributed by atoms with Gasteiger partial charge in [0.15, 0.2) is 11.5 Å². The van der Waals surface area contributed by atoms with Gasteiger partial charge in [0.2, 0.25) is 0 Å². The second kappa shape index (κ2) is 9.73. The molecule has 0 fully saturated rings. The van der Waals surface area contributed by atoms with Gasteiger partial charge in [-0.3, -0.25) is 0 Å². The van der Waals surface area contributed by atoms with Crippen LogP contribution in [0.4, 0.5) is 40.9 Å². The van der Waals surface area contributed by atoms with Gasteiger partial charge in [-0.05, 0) is 12.1 Å². The van der Waals surface area contributed by atoms with Crippen molar-refractivity contribution in [2.75, 3.05) is 13.1 Å². The van der Waals surface area contributed by atoms with E-state index in [2.05, 4.69) is 9.46 Å². The van der Waals surface area contributed by atoms with Crippen LogP contribution in [0, 0.1) is 11.3 Å². The largest absolute Gasteiger partial charge is 0.466 e. The third-order valence-electron chi connectivity index (χ3n) is 4.05. The molecule has 1 heterocycles. The van der Waals surface area contributed by atoms with Crippen molar-refractivity contribution in [3.63, 3.8) is 0 Å². The van der Waals surface area contributed by atoms with Crippen LogP contribution in [0.5, 0.6) is 0 Å². The summed E-state index contributed by atoms with van der Waals surface area (Å²) in [5.74, 6) is -0.686. The summed E-state index contributed by atoms with van der Waals surface area (Å²) in [4.78, 5) is 0. The summed E-state index contributed by atoms with van der Waals surface area (Å²) < 4.78 is 112. The molecule has 0 amide bonds. The van der Waals surface area contributed by atoms with E-state index < -0.39 is 61.3 Å². The number of benzene rings is 1. The molecule has 0 aliphatic rings. The molecule has 0 spiro atoms. The van der Waals surface area contributed by atoms with Crippen LogP contribution in [0.1, 0.15) is 25.1 Å². The van der Waals surface area contributed by atoms with Crippen LogP contribution in [-0.2, 0) is 17.1 Å². The first-order valence-corrected chi connectivity index (χ1v) is 10.7. The van der Waals surface area contributed by atoms with Crippen LogP contribution >= 0.6 is 23.2 Å². The molecule has 0 bridgehead atoms. The van der Waals surface area contributed by atoms with E-state index >= 15 is 0 Å². The van der Waals surface area contributed by atoms with E-state index in [1.165, 1.54) is 13.8 Å². The SMILES string of the molecule is CCN(CC)S(=Nc1cc(C#N)nn1-c1c(Cl)cc(C(F)(F)F)cc1Cl)C(F)(F)C(F)(F)F. The molecular formula is C17H13Cl2F8N5S. The molecule has 1 unspecified atom stereocenters. The molecule has 1 aromatic carbocycles. The summed E-state index contributed by atoms with van der Waals surface area (Å²) in [5.41, 5.74) is -2.19. The Hall–Kier alpha value is -1.95. The van der Waals surface area contributed by atoms with Gasteiger partial charge in [0.25, 0.3) is 0 Å². The highest BCUT2D eigenvalue weighted by Crippen LogP contribution is 2.43. The molecule has 0 saturated carbocycles. The summed E-state index contributed by atoms with van der Waals surface area (Å²) in [6.07, 6.45) is -10.8. The molecule has 5 nitrogen and oxygen atoms in total. The van der Waals surface area contributed by atoms with Crippen molar-refractivity contribution in [2.24, 2.45) is 4.36 Å². The smallest absolute Gasteiger partial charge is 0.237 e. The van der Waals surface area contributed by atoms with E-state index in [-0.39, 0.29) is 13.1 Å². The Labute approximate surface area is 194 Å². The van der Waals surface area contributed by atoms with E-state index in [4.69, 9.17) is 28.5 Å². The molecule has 182 valence electrons. The highest BCUT2D eigenvalue weighted by molar-refractivity contribution is 7.86. The minimum atomic E-state index is -5.96. The Bertz CT molecular complexity index is 1080. The normalized spacial score (nSPS) is 14.1. The van der Waals surface area contributed by atoms with Gasteiger partial charge in [-0.2, -0.15) is 49.8 Å². The van der Waals surface area contributed by atoms with Crippen LogP contribution < -0.4 is 0 Å². The first-order chi connectivity index (χ1) is 15.1. The monoisotopic (exact) mass is 541 g/mol. The second-order valence-electron chi connectivity index (χ2n) is 6.18.